The first-order valence-electron chi connectivity index (χ1n) is 7.24. The summed E-state index contributed by atoms with van der Waals surface area (Å²) in [5, 5.41) is 8.74. The van der Waals surface area contributed by atoms with Crippen molar-refractivity contribution in [3.05, 3.63) is 52.3 Å². The van der Waals surface area contributed by atoms with Gasteiger partial charge in [-0.25, -0.2) is 0 Å². The van der Waals surface area contributed by atoms with Crippen LogP contribution in [0.25, 0.3) is 5.57 Å². The molecule has 5 nitrogen and oxygen atoms in total. The van der Waals surface area contributed by atoms with Gasteiger partial charge in [0.25, 0.3) is 5.89 Å². The lowest BCUT2D eigenvalue weighted by molar-refractivity contribution is 0.291. The lowest BCUT2D eigenvalue weighted by atomic mass is 10.1. The van der Waals surface area contributed by atoms with E-state index in [1.165, 1.54) is 11.1 Å². The van der Waals surface area contributed by atoms with Gasteiger partial charge in [0.1, 0.15) is 6.67 Å². The number of hydrogen-bond acceptors (Lipinski definition) is 5. The highest BCUT2D eigenvalue weighted by Gasteiger charge is 2.27. The van der Waals surface area contributed by atoms with Crippen LogP contribution in [0.15, 0.2) is 33.8 Å². The van der Waals surface area contributed by atoms with E-state index in [1.54, 1.807) is 13.1 Å². The zero-order valence-corrected chi connectivity index (χ0v) is 12.9. The quantitative estimate of drug-likeness (QED) is 0.855. The number of nitrogens with zero attached hydrogens (tertiary/aromatic N) is 4. The number of hydrogen-bond donors (Lipinski definition) is 0. The van der Waals surface area contributed by atoms with Crippen molar-refractivity contribution in [2.45, 2.75) is 25.8 Å². The smallest absolute Gasteiger partial charge is 0.250 e. The van der Waals surface area contributed by atoms with Gasteiger partial charge in [-0.2, -0.15) is 0 Å². The molecule has 22 heavy (non-hydrogen) atoms. The lowest BCUT2D eigenvalue weighted by Gasteiger charge is -2.28. The van der Waals surface area contributed by atoms with E-state index in [0.717, 1.165) is 23.4 Å². The molecule has 0 fully saturated rings. The minimum atomic E-state index is 0.393. The fourth-order valence-electron chi connectivity index (χ4n) is 3.03. The molecular weight excluding hydrogens is 300 g/mol. The Labute approximate surface area is 133 Å². The molecule has 2 heterocycles. The number of fused-ring (bicyclic) bond motifs is 1. The molecule has 0 radical (unpaired) electrons. The maximum Gasteiger partial charge on any atom is 0.250 e. The summed E-state index contributed by atoms with van der Waals surface area (Å²) in [5.74, 6) is 1.08. The minimum absolute atomic E-state index is 0.393. The van der Waals surface area contributed by atoms with Crippen LogP contribution in [-0.4, -0.2) is 34.0 Å². The Hall–Kier alpha value is -2.14. The SMILES string of the molecule is Cc1nnc(C2=CN(C3Cc4ccc(Cl)cc4C3)CN=C2)o1. The van der Waals surface area contributed by atoms with Crippen LogP contribution in [0.5, 0.6) is 0 Å². The number of aryl methyl sites for hydroxylation is 1. The molecule has 112 valence electrons. The van der Waals surface area contributed by atoms with Crippen molar-refractivity contribution < 1.29 is 4.42 Å². The summed E-state index contributed by atoms with van der Waals surface area (Å²) in [6, 6.07) is 6.54. The highest BCUT2D eigenvalue weighted by atomic mass is 35.5. The predicted octanol–water partition coefficient (Wildman–Crippen LogP) is 2.88. The fraction of sp³-hybridized carbons (Fsp3) is 0.312. The van der Waals surface area contributed by atoms with Gasteiger partial charge in [-0.05, 0) is 36.1 Å². The van der Waals surface area contributed by atoms with Gasteiger partial charge in [-0.15, -0.1) is 10.2 Å². The van der Waals surface area contributed by atoms with Crippen molar-refractivity contribution in [2.24, 2.45) is 4.99 Å². The van der Waals surface area contributed by atoms with Crippen LogP contribution in [0.4, 0.5) is 0 Å². The molecule has 1 atom stereocenters. The van der Waals surface area contributed by atoms with Gasteiger partial charge in [-0.1, -0.05) is 17.7 Å². The lowest BCUT2D eigenvalue weighted by Crippen LogP contribution is -2.33. The Morgan fingerprint density at radius 1 is 1.23 bits per heavy atom. The molecule has 0 saturated carbocycles. The average Bonchev–Trinajstić information content (AvgIpc) is 3.13. The van der Waals surface area contributed by atoms with E-state index in [1.807, 2.05) is 6.07 Å². The van der Waals surface area contributed by atoms with Crippen molar-refractivity contribution in [3.63, 3.8) is 0 Å². The zero-order chi connectivity index (χ0) is 15.1. The molecule has 0 bridgehead atoms. The van der Waals surface area contributed by atoms with Gasteiger partial charge >= 0.3 is 0 Å². The molecule has 4 rings (SSSR count). The molecule has 2 aromatic rings. The van der Waals surface area contributed by atoms with E-state index < -0.39 is 0 Å². The standard InChI is InChI=1S/C16H15ClN4O/c1-10-19-20-16(22-10)13-7-18-9-21(8-13)15-5-11-2-3-14(17)4-12(11)6-15/h2-4,7-8,15H,5-6,9H2,1H3. The molecule has 0 N–H and O–H groups in total. The van der Waals surface area contributed by atoms with Gasteiger partial charge in [0.2, 0.25) is 5.89 Å². The predicted molar refractivity (Wildman–Crippen MR) is 84.9 cm³/mol. The second-order valence-electron chi connectivity index (χ2n) is 5.65. The van der Waals surface area contributed by atoms with Gasteiger partial charge in [-0.3, -0.25) is 4.99 Å². The first-order chi connectivity index (χ1) is 10.7. The number of rotatable bonds is 2. The number of aromatic nitrogens is 2. The highest BCUT2D eigenvalue weighted by molar-refractivity contribution is 6.30. The van der Waals surface area contributed by atoms with E-state index >= 15 is 0 Å². The first kappa shape index (κ1) is 13.5. The summed E-state index contributed by atoms with van der Waals surface area (Å²) in [7, 11) is 0. The molecule has 0 saturated heterocycles. The summed E-state index contributed by atoms with van der Waals surface area (Å²) >= 11 is 6.09. The third kappa shape index (κ3) is 2.41. The largest absolute Gasteiger partial charge is 0.421 e. The van der Waals surface area contributed by atoms with Crippen molar-refractivity contribution in [1.29, 1.82) is 0 Å². The second kappa shape index (κ2) is 5.25. The van der Waals surface area contributed by atoms with Gasteiger partial charge < -0.3 is 9.32 Å². The van der Waals surface area contributed by atoms with Crippen molar-refractivity contribution in [3.8, 4) is 0 Å². The Kier molecular flexibility index (Phi) is 3.22. The molecular formula is C16H15ClN4O. The third-order valence-corrected chi connectivity index (χ3v) is 4.34. The summed E-state index contributed by atoms with van der Waals surface area (Å²) in [4.78, 5) is 6.67. The number of allylic oxidation sites excluding steroid dienone is 1. The Bertz CT molecular complexity index is 780. The molecule has 1 aliphatic carbocycles. The normalized spacial score (nSPS) is 20.2. The maximum atomic E-state index is 6.09. The average molecular weight is 315 g/mol. The monoisotopic (exact) mass is 314 g/mol. The summed E-state index contributed by atoms with van der Waals surface area (Å²) in [6.07, 6.45) is 5.85. The Balaban J connectivity index is 1.57. The molecule has 1 unspecified atom stereocenters. The fourth-order valence-corrected chi connectivity index (χ4v) is 3.22. The third-order valence-electron chi connectivity index (χ3n) is 4.10. The van der Waals surface area contributed by atoms with E-state index in [0.29, 0.717) is 24.5 Å². The Morgan fingerprint density at radius 2 is 2.09 bits per heavy atom. The van der Waals surface area contributed by atoms with E-state index in [2.05, 4.69) is 38.4 Å². The van der Waals surface area contributed by atoms with E-state index in [-0.39, 0.29) is 0 Å². The second-order valence-corrected chi connectivity index (χ2v) is 6.09. The van der Waals surface area contributed by atoms with Crippen LogP contribution < -0.4 is 0 Å². The van der Waals surface area contributed by atoms with E-state index in [9.17, 15) is 0 Å². The molecule has 1 aromatic carbocycles. The van der Waals surface area contributed by atoms with E-state index in [4.69, 9.17) is 16.0 Å². The van der Waals surface area contributed by atoms with Crippen LogP contribution >= 0.6 is 11.6 Å². The molecule has 1 aromatic heterocycles. The maximum absolute atomic E-state index is 6.09. The molecule has 2 aliphatic rings. The topological polar surface area (TPSA) is 54.5 Å². The van der Waals surface area contributed by atoms with Crippen LogP contribution in [0.1, 0.15) is 22.9 Å². The summed E-state index contributed by atoms with van der Waals surface area (Å²) < 4.78 is 5.49. The molecule has 0 amide bonds. The van der Waals surface area contributed by atoms with Crippen LogP contribution in [0.2, 0.25) is 5.02 Å². The van der Waals surface area contributed by atoms with Crippen molar-refractivity contribution >= 4 is 23.4 Å². The number of benzene rings is 1. The van der Waals surface area contributed by atoms with Gasteiger partial charge in [0.15, 0.2) is 0 Å². The zero-order valence-electron chi connectivity index (χ0n) is 12.2. The Morgan fingerprint density at radius 3 is 2.91 bits per heavy atom. The van der Waals surface area contributed by atoms with Gasteiger partial charge in [0, 0.05) is 30.4 Å². The molecule has 1 aliphatic heterocycles. The van der Waals surface area contributed by atoms with Crippen molar-refractivity contribution in [2.75, 3.05) is 6.67 Å². The summed E-state index contributed by atoms with van der Waals surface area (Å²) in [6.45, 7) is 2.44. The molecule has 0 spiro atoms. The number of halogens is 1. The molecule has 6 heteroatoms. The first-order valence-corrected chi connectivity index (χ1v) is 7.62. The number of aliphatic imine (C=N–C) groups is 1. The summed E-state index contributed by atoms with van der Waals surface area (Å²) in [5.41, 5.74) is 3.56. The van der Waals surface area contributed by atoms with Gasteiger partial charge in [0.05, 0.1) is 5.57 Å². The van der Waals surface area contributed by atoms with Crippen LogP contribution in [0.3, 0.4) is 0 Å². The minimum Gasteiger partial charge on any atom is -0.421 e. The highest BCUT2D eigenvalue weighted by Crippen LogP contribution is 2.29. The van der Waals surface area contributed by atoms with Crippen LogP contribution in [0, 0.1) is 6.92 Å². The van der Waals surface area contributed by atoms with Crippen molar-refractivity contribution in [1.82, 2.24) is 15.1 Å². The van der Waals surface area contributed by atoms with Crippen LogP contribution in [-0.2, 0) is 12.8 Å².